The van der Waals surface area contributed by atoms with Crippen molar-refractivity contribution in [3.05, 3.63) is 23.8 Å². The highest BCUT2D eigenvalue weighted by atomic mass is 16.5. The molecule has 1 aliphatic heterocycles. The maximum Gasteiger partial charge on any atom is 0.321 e. The van der Waals surface area contributed by atoms with Crippen LogP contribution in [0.3, 0.4) is 0 Å². The number of hydrogen-bond donors (Lipinski definition) is 2. The number of carbonyl (C=O) groups is 1. The first-order valence-corrected chi connectivity index (χ1v) is 6.87. The highest BCUT2D eigenvalue weighted by molar-refractivity contribution is 5.91. The van der Waals surface area contributed by atoms with Gasteiger partial charge in [0.15, 0.2) is 0 Å². The lowest BCUT2D eigenvalue weighted by atomic mass is 9.94. The van der Waals surface area contributed by atoms with Crippen molar-refractivity contribution in [3.63, 3.8) is 0 Å². The van der Waals surface area contributed by atoms with Gasteiger partial charge < -0.3 is 20.1 Å². The number of aliphatic hydroxyl groups is 1. The summed E-state index contributed by atoms with van der Waals surface area (Å²) in [6, 6.07) is 5.53. The molecule has 0 fully saturated rings. The average molecular weight is 278 g/mol. The third-order valence-corrected chi connectivity index (χ3v) is 3.50. The van der Waals surface area contributed by atoms with E-state index in [1.54, 1.807) is 7.05 Å². The van der Waals surface area contributed by atoms with Crippen LogP contribution in [0.25, 0.3) is 0 Å². The van der Waals surface area contributed by atoms with Gasteiger partial charge in [-0.2, -0.15) is 0 Å². The molecular weight excluding hydrogens is 256 g/mol. The summed E-state index contributed by atoms with van der Waals surface area (Å²) in [7, 11) is 1.64. The maximum atomic E-state index is 12.0. The molecule has 0 atom stereocenters. The van der Waals surface area contributed by atoms with Gasteiger partial charge >= 0.3 is 6.03 Å². The van der Waals surface area contributed by atoms with Gasteiger partial charge in [-0.1, -0.05) is 12.1 Å². The van der Waals surface area contributed by atoms with E-state index in [9.17, 15) is 4.79 Å². The number of para-hydroxylation sites is 1. The van der Waals surface area contributed by atoms with E-state index in [2.05, 4.69) is 5.32 Å². The highest BCUT2D eigenvalue weighted by Crippen LogP contribution is 2.38. The smallest absolute Gasteiger partial charge is 0.321 e. The molecule has 0 saturated carbocycles. The minimum absolute atomic E-state index is 0.0552. The fourth-order valence-corrected chi connectivity index (χ4v) is 2.23. The Hall–Kier alpha value is -1.75. The SMILES string of the molecule is CN(CCO)C(=O)Nc1cccc2c1OC(C)(C)CC2. The summed E-state index contributed by atoms with van der Waals surface area (Å²) in [5.41, 5.74) is 1.59. The molecule has 0 bridgehead atoms. The van der Waals surface area contributed by atoms with Crippen LogP contribution < -0.4 is 10.1 Å². The number of urea groups is 1. The molecule has 1 aromatic carbocycles. The summed E-state index contributed by atoms with van der Waals surface area (Å²) >= 11 is 0. The fourth-order valence-electron chi connectivity index (χ4n) is 2.23. The van der Waals surface area contributed by atoms with E-state index < -0.39 is 0 Å². The standard InChI is InChI=1S/C15H22N2O3/c1-15(2)8-7-11-5-4-6-12(13(11)20-15)16-14(19)17(3)9-10-18/h4-6,18H,7-10H2,1-3H3,(H,16,19). The Morgan fingerprint density at radius 1 is 1.50 bits per heavy atom. The van der Waals surface area contributed by atoms with Crippen LogP contribution in [0, 0.1) is 0 Å². The number of likely N-dealkylation sites (N-methyl/N-ethyl adjacent to an activating group) is 1. The molecule has 2 N–H and O–H groups in total. The monoisotopic (exact) mass is 278 g/mol. The molecule has 5 heteroatoms. The zero-order valence-corrected chi connectivity index (χ0v) is 12.3. The molecular formula is C15H22N2O3. The Morgan fingerprint density at radius 2 is 2.25 bits per heavy atom. The number of fused-ring (bicyclic) bond motifs is 1. The van der Waals surface area contributed by atoms with E-state index in [1.807, 2.05) is 32.0 Å². The van der Waals surface area contributed by atoms with Crippen molar-refractivity contribution >= 4 is 11.7 Å². The topological polar surface area (TPSA) is 61.8 Å². The lowest BCUT2D eigenvalue weighted by Crippen LogP contribution is -2.35. The number of nitrogens with zero attached hydrogens (tertiary/aromatic N) is 1. The Labute approximate surface area is 119 Å². The number of anilines is 1. The van der Waals surface area contributed by atoms with Gasteiger partial charge in [-0.15, -0.1) is 0 Å². The molecule has 20 heavy (non-hydrogen) atoms. The van der Waals surface area contributed by atoms with Gasteiger partial charge in [0.25, 0.3) is 0 Å². The minimum Gasteiger partial charge on any atom is -0.485 e. The molecule has 5 nitrogen and oxygen atoms in total. The molecule has 1 aromatic rings. The van der Waals surface area contributed by atoms with E-state index in [0.29, 0.717) is 12.2 Å². The fraction of sp³-hybridized carbons (Fsp3) is 0.533. The predicted octanol–water partition coefficient (Wildman–Crippen LogP) is 2.25. The summed E-state index contributed by atoms with van der Waals surface area (Å²) in [5.74, 6) is 0.759. The molecule has 2 amide bonds. The molecule has 1 heterocycles. The molecule has 0 aromatic heterocycles. The van der Waals surface area contributed by atoms with Crippen LogP contribution in [-0.4, -0.2) is 41.8 Å². The van der Waals surface area contributed by atoms with Crippen molar-refractivity contribution in [2.24, 2.45) is 0 Å². The molecule has 0 radical (unpaired) electrons. The summed E-state index contributed by atoms with van der Waals surface area (Å²) in [5, 5.41) is 11.7. The van der Waals surface area contributed by atoms with Crippen LogP contribution in [0.1, 0.15) is 25.8 Å². The van der Waals surface area contributed by atoms with Crippen molar-refractivity contribution in [1.82, 2.24) is 4.90 Å². The molecule has 2 rings (SSSR count). The summed E-state index contributed by atoms with van der Waals surface area (Å²) in [6.45, 7) is 4.34. The summed E-state index contributed by atoms with van der Waals surface area (Å²) in [4.78, 5) is 13.4. The van der Waals surface area contributed by atoms with Crippen molar-refractivity contribution < 1.29 is 14.6 Å². The zero-order valence-electron chi connectivity index (χ0n) is 12.3. The van der Waals surface area contributed by atoms with E-state index in [4.69, 9.17) is 9.84 Å². The van der Waals surface area contributed by atoms with E-state index in [1.165, 1.54) is 4.90 Å². The summed E-state index contributed by atoms with van der Waals surface area (Å²) < 4.78 is 6.01. The first-order valence-electron chi connectivity index (χ1n) is 6.87. The Balaban J connectivity index is 2.19. The first kappa shape index (κ1) is 14.7. The number of benzene rings is 1. The Bertz CT molecular complexity index is 500. The quantitative estimate of drug-likeness (QED) is 0.891. The zero-order chi connectivity index (χ0) is 14.8. The number of hydrogen-bond acceptors (Lipinski definition) is 3. The van der Waals surface area contributed by atoms with Crippen molar-refractivity contribution in [2.75, 3.05) is 25.5 Å². The Kier molecular flexibility index (Phi) is 4.18. The largest absolute Gasteiger partial charge is 0.485 e. The molecule has 110 valence electrons. The van der Waals surface area contributed by atoms with Gasteiger partial charge in [0.05, 0.1) is 12.3 Å². The van der Waals surface area contributed by atoms with E-state index in [0.717, 1.165) is 24.2 Å². The second kappa shape index (κ2) is 5.71. The van der Waals surface area contributed by atoms with Crippen LogP contribution in [0.4, 0.5) is 10.5 Å². The van der Waals surface area contributed by atoms with Gasteiger partial charge in [0, 0.05) is 13.6 Å². The second-order valence-corrected chi connectivity index (χ2v) is 5.73. The number of rotatable bonds is 3. The summed E-state index contributed by atoms with van der Waals surface area (Å²) in [6.07, 6.45) is 1.90. The predicted molar refractivity (Wildman–Crippen MR) is 78.2 cm³/mol. The minimum atomic E-state index is -0.251. The maximum absolute atomic E-state index is 12.0. The van der Waals surface area contributed by atoms with E-state index >= 15 is 0 Å². The van der Waals surface area contributed by atoms with Crippen molar-refractivity contribution in [3.8, 4) is 5.75 Å². The molecule has 0 unspecified atom stereocenters. The normalized spacial score (nSPS) is 16.0. The number of nitrogens with one attached hydrogen (secondary N) is 1. The van der Waals surface area contributed by atoms with Gasteiger partial charge in [0.2, 0.25) is 0 Å². The molecule has 0 aliphatic carbocycles. The van der Waals surface area contributed by atoms with Crippen molar-refractivity contribution in [2.45, 2.75) is 32.3 Å². The lowest BCUT2D eigenvalue weighted by Gasteiger charge is -2.34. The van der Waals surface area contributed by atoms with Crippen LogP contribution in [-0.2, 0) is 6.42 Å². The molecule has 0 saturated heterocycles. The van der Waals surface area contributed by atoms with Crippen LogP contribution in [0.15, 0.2) is 18.2 Å². The number of amides is 2. The number of aliphatic hydroxyl groups excluding tert-OH is 1. The van der Waals surface area contributed by atoms with Gasteiger partial charge in [0.1, 0.15) is 11.4 Å². The van der Waals surface area contributed by atoms with Crippen LogP contribution >= 0.6 is 0 Å². The van der Waals surface area contributed by atoms with Gasteiger partial charge in [-0.25, -0.2) is 4.79 Å². The number of aryl methyl sites for hydroxylation is 1. The highest BCUT2D eigenvalue weighted by Gasteiger charge is 2.28. The second-order valence-electron chi connectivity index (χ2n) is 5.73. The number of ether oxygens (including phenoxy) is 1. The molecule has 1 aliphatic rings. The third-order valence-electron chi connectivity index (χ3n) is 3.50. The van der Waals surface area contributed by atoms with Gasteiger partial charge in [-0.05, 0) is 38.3 Å². The number of carbonyl (C=O) groups excluding carboxylic acids is 1. The molecule has 0 spiro atoms. The third kappa shape index (κ3) is 3.22. The van der Waals surface area contributed by atoms with Crippen molar-refractivity contribution in [1.29, 1.82) is 0 Å². The van der Waals surface area contributed by atoms with Gasteiger partial charge in [-0.3, -0.25) is 0 Å². The van der Waals surface area contributed by atoms with Crippen LogP contribution in [0.2, 0.25) is 0 Å². The van der Waals surface area contributed by atoms with E-state index in [-0.39, 0.29) is 18.2 Å². The first-order chi connectivity index (χ1) is 9.43. The lowest BCUT2D eigenvalue weighted by molar-refractivity contribution is 0.0856. The van der Waals surface area contributed by atoms with Crippen LogP contribution in [0.5, 0.6) is 5.75 Å². The Morgan fingerprint density at radius 3 is 2.95 bits per heavy atom. The average Bonchev–Trinajstić information content (AvgIpc) is 2.39.